The fraction of sp³-hybridized carbons (Fsp3) is 0. The van der Waals surface area contributed by atoms with E-state index in [0.29, 0.717) is 11.5 Å². The third-order valence-electron chi connectivity index (χ3n) is 1.60. The van der Waals surface area contributed by atoms with Crippen molar-refractivity contribution in [2.75, 3.05) is 5.73 Å². The first-order chi connectivity index (χ1) is 6.25. The Labute approximate surface area is 79.4 Å². The Balaban J connectivity index is 2.52. The van der Waals surface area contributed by atoms with Gasteiger partial charge in [-0.2, -0.15) is 4.98 Å². The minimum Gasteiger partial charge on any atom is -0.399 e. The molecule has 0 unspecified atom stereocenters. The first kappa shape index (κ1) is 8.00. The van der Waals surface area contributed by atoms with Gasteiger partial charge in [0.15, 0.2) is 5.82 Å². The number of aromatic nitrogens is 2. The monoisotopic (exact) mass is 193 g/mol. The molecule has 0 amide bonds. The van der Waals surface area contributed by atoms with Crippen molar-refractivity contribution in [1.82, 2.24) is 10.1 Å². The lowest BCUT2D eigenvalue weighted by Crippen LogP contribution is -1.85. The number of hydrogen-bond acceptors (Lipinski definition) is 4. The molecule has 0 aliphatic heterocycles. The maximum absolute atomic E-state index is 5.60. The second-order valence-electron chi connectivity index (χ2n) is 2.56. The molecule has 0 saturated heterocycles. The van der Waals surface area contributed by atoms with Crippen molar-refractivity contribution in [3.05, 3.63) is 29.1 Å². The van der Waals surface area contributed by atoms with E-state index in [1.165, 1.54) is 0 Å². The summed E-state index contributed by atoms with van der Waals surface area (Å²) in [6.45, 7) is 0. The average molecular weight is 193 g/mol. The fourth-order valence-electron chi connectivity index (χ4n) is 1.04. The molecule has 0 aliphatic carbocycles. The van der Waals surface area contributed by atoms with Gasteiger partial charge in [0.05, 0.1) is 0 Å². The highest BCUT2D eigenvalue weighted by molar-refractivity contribution is 7.71. The predicted octanol–water partition coefficient (Wildman–Crippen LogP) is 1.98. The second-order valence-corrected chi connectivity index (χ2v) is 2.91. The van der Waals surface area contributed by atoms with Crippen LogP contribution >= 0.6 is 12.2 Å². The summed E-state index contributed by atoms with van der Waals surface area (Å²) < 4.78 is 4.80. The number of nitrogens with two attached hydrogens (primary N) is 1. The molecule has 0 spiro atoms. The molecule has 2 rings (SSSR count). The van der Waals surface area contributed by atoms with Crippen LogP contribution in [0.4, 0.5) is 5.69 Å². The van der Waals surface area contributed by atoms with E-state index < -0.39 is 0 Å². The summed E-state index contributed by atoms with van der Waals surface area (Å²) in [7, 11) is 0. The molecule has 0 fully saturated rings. The van der Waals surface area contributed by atoms with E-state index in [4.69, 9.17) is 22.5 Å². The summed E-state index contributed by atoms with van der Waals surface area (Å²) in [6.07, 6.45) is 0. The highest BCUT2D eigenvalue weighted by atomic mass is 32.1. The first-order valence-corrected chi connectivity index (χ1v) is 4.08. The predicted molar refractivity (Wildman–Crippen MR) is 51.5 cm³/mol. The van der Waals surface area contributed by atoms with Crippen LogP contribution in [-0.2, 0) is 0 Å². The van der Waals surface area contributed by atoms with E-state index in [1.807, 2.05) is 12.1 Å². The van der Waals surface area contributed by atoms with Gasteiger partial charge in [0, 0.05) is 11.3 Å². The third kappa shape index (κ3) is 1.59. The third-order valence-corrected chi connectivity index (χ3v) is 1.77. The summed E-state index contributed by atoms with van der Waals surface area (Å²) in [5.74, 6) is 0.595. The zero-order chi connectivity index (χ0) is 9.26. The maximum Gasteiger partial charge on any atom is 0.314 e. The van der Waals surface area contributed by atoms with Gasteiger partial charge in [0.25, 0.3) is 0 Å². The van der Waals surface area contributed by atoms with Crippen LogP contribution in [0.25, 0.3) is 11.4 Å². The number of benzene rings is 1. The van der Waals surface area contributed by atoms with E-state index >= 15 is 0 Å². The van der Waals surface area contributed by atoms with Crippen LogP contribution in [0.2, 0.25) is 0 Å². The van der Waals surface area contributed by atoms with Gasteiger partial charge in [-0.3, -0.25) is 0 Å². The summed E-state index contributed by atoms with van der Waals surface area (Å²) >= 11 is 4.73. The summed E-state index contributed by atoms with van der Waals surface area (Å²) in [6, 6.07) is 7.32. The quantitative estimate of drug-likeness (QED) is 0.536. The number of nitrogen functional groups attached to an aromatic ring is 1. The number of hydrogen-bond donors (Lipinski definition) is 2. The van der Waals surface area contributed by atoms with E-state index in [0.717, 1.165) is 5.56 Å². The highest BCUT2D eigenvalue weighted by Gasteiger charge is 2.01. The molecule has 1 aromatic carbocycles. The molecule has 5 heteroatoms. The topological polar surface area (TPSA) is 67.8 Å². The molecule has 3 N–H and O–H groups in total. The van der Waals surface area contributed by atoms with E-state index in [2.05, 4.69) is 10.1 Å². The molecule has 0 aliphatic rings. The lowest BCUT2D eigenvalue weighted by molar-refractivity contribution is 0.406. The van der Waals surface area contributed by atoms with Gasteiger partial charge in [0.2, 0.25) is 0 Å². The summed E-state index contributed by atoms with van der Waals surface area (Å²) in [5, 5.41) is 2.60. The molecule has 2 aromatic rings. The number of nitrogens with one attached hydrogen (secondary N) is 1. The molecular weight excluding hydrogens is 186 g/mol. The van der Waals surface area contributed by atoms with Gasteiger partial charge < -0.3 is 10.3 Å². The molecule has 4 nitrogen and oxygen atoms in total. The standard InChI is InChI=1S/C8H7N3OS/c9-6-3-1-2-5(4-6)7-10-8(13)12-11-7/h1-4H,9H2,(H,10,11,13). The zero-order valence-electron chi connectivity index (χ0n) is 6.65. The molecule has 0 atom stereocenters. The number of H-pyrrole nitrogens is 1. The molecule has 1 heterocycles. The van der Waals surface area contributed by atoms with E-state index in [-0.39, 0.29) is 4.84 Å². The Morgan fingerprint density at radius 3 is 2.92 bits per heavy atom. The minimum atomic E-state index is 0.192. The van der Waals surface area contributed by atoms with Crippen LogP contribution in [0.5, 0.6) is 0 Å². The van der Waals surface area contributed by atoms with Gasteiger partial charge in [-0.05, 0) is 24.4 Å². The molecule has 0 radical (unpaired) electrons. The molecule has 0 saturated carbocycles. The molecule has 1 aromatic heterocycles. The van der Waals surface area contributed by atoms with Crippen molar-refractivity contribution < 1.29 is 4.52 Å². The Morgan fingerprint density at radius 2 is 2.31 bits per heavy atom. The smallest absolute Gasteiger partial charge is 0.314 e. The molecule has 66 valence electrons. The van der Waals surface area contributed by atoms with E-state index in [1.54, 1.807) is 12.1 Å². The van der Waals surface area contributed by atoms with Crippen LogP contribution < -0.4 is 5.73 Å². The lowest BCUT2D eigenvalue weighted by atomic mass is 10.2. The Bertz CT molecular complexity index is 474. The van der Waals surface area contributed by atoms with Crippen molar-refractivity contribution in [2.24, 2.45) is 0 Å². The van der Waals surface area contributed by atoms with Crippen LogP contribution in [0.15, 0.2) is 28.8 Å². The largest absolute Gasteiger partial charge is 0.399 e. The van der Waals surface area contributed by atoms with Gasteiger partial charge in [0.1, 0.15) is 0 Å². The van der Waals surface area contributed by atoms with Crippen molar-refractivity contribution in [1.29, 1.82) is 0 Å². The summed E-state index contributed by atoms with van der Waals surface area (Å²) in [5.41, 5.74) is 7.15. The number of aromatic amines is 1. The van der Waals surface area contributed by atoms with Gasteiger partial charge in [-0.15, -0.1) is 0 Å². The Morgan fingerprint density at radius 1 is 1.46 bits per heavy atom. The van der Waals surface area contributed by atoms with Crippen molar-refractivity contribution >= 4 is 17.9 Å². The highest BCUT2D eigenvalue weighted by Crippen LogP contribution is 2.16. The molecule has 13 heavy (non-hydrogen) atoms. The maximum atomic E-state index is 5.60. The Hall–Kier alpha value is -1.62. The van der Waals surface area contributed by atoms with Crippen LogP contribution in [0.1, 0.15) is 0 Å². The van der Waals surface area contributed by atoms with Crippen LogP contribution in [0, 0.1) is 4.84 Å². The summed E-state index contributed by atoms with van der Waals surface area (Å²) in [4.78, 5) is 4.15. The number of rotatable bonds is 1. The fourth-order valence-corrected chi connectivity index (χ4v) is 1.17. The van der Waals surface area contributed by atoms with Gasteiger partial charge in [-0.1, -0.05) is 12.1 Å². The molecule has 0 bridgehead atoms. The van der Waals surface area contributed by atoms with Gasteiger partial charge in [-0.25, -0.2) is 5.16 Å². The normalized spacial score (nSPS) is 10.2. The van der Waals surface area contributed by atoms with Gasteiger partial charge >= 0.3 is 4.84 Å². The average Bonchev–Trinajstić information content (AvgIpc) is 2.52. The van der Waals surface area contributed by atoms with Crippen LogP contribution in [-0.4, -0.2) is 10.1 Å². The zero-order valence-corrected chi connectivity index (χ0v) is 7.47. The minimum absolute atomic E-state index is 0.192. The lowest BCUT2D eigenvalue weighted by Gasteiger charge is -1.95. The SMILES string of the molecule is Nc1cccc(-c2nc(=S)o[nH]2)c1. The second kappa shape index (κ2) is 3.02. The van der Waals surface area contributed by atoms with Crippen molar-refractivity contribution in [2.45, 2.75) is 0 Å². The molecular formula is C8H7N3OS. The first-order valence-electron chi connectivity index (χ1n) is 3.67. The number of nitrogens with zero attached hydrogens (tertiary/aromatic N) is 1. The van der Waals surface area contributed by atoms with Crippen molar-refractivity contribution in [3.63, 3.8) is 0 Å². The Kier molecular flexibility index (Phi) is 1.86. The van der Waals surface area contributed by atoms with Crippen molar-refractivity contribution in [3.8, 4) is 11.4 Å². The van der Waals surface area contributed by atoms with E-state index in [9.17, 15) is 0 Å². The number of anilines is 1. The van der Waals surface area contributed by atoms with Crippen LogP contribution in [0.3, 0.4) is 0 Å².